The maximum atomic E-state index is 12.8. The first kappa shape index (κ1) is 19.2. The van der Waals surface area contributed by atoms with Crippen molar-refractivity contribution in [1.29, 1.82) is 0 Å². The Kier molecular flexibility index (Phi) is 4.63. The van der Waals surface area contributed by atoms with E-state index in [9.17, 15) is 18.0 Å². The molecule has 8 heteroatoms. The number of ether oxygens (including phenoxy) is 1. The maximum Gasteiger partial charge on any atom is 0.327 e. The van der Waals surface area contributed by atoms with Crippen molar-refractivity contribution < 1.29 is 22.7 Å². The number of rotatable bonds is 4. The first-order chi connectivity index (χ1) is 12.5. The van der Waals surface area contributed by atoms with Crippen LogP contribution in [0.15, 0.2) is 41.3 Å². The van der Waals surface area contributed by atoms with E-state index in [-0.39, 0.29) is 4.90 Å². The number of amides is 1. The molecule has 2 aromatic carbocycles. The van der Waals surface area contributed by atoms with Crippen LogP contribution in [0.1, 0.15) is 27.7 Å². The third-order valence-corrected chi connectivity index (χ3v) is 5.93. The summed E-state index contributed by atoms with van der Waals surface area (Å²) in [5, 5.41) is 4.09. The van der Waals surface area contributed by atoms with Crippen LogP contribution in [0.3, 0.4) is 0 Å². The summed E-state index contributed by atoms with van der Waals surface area (Å²) in [6.07, 6.45) is -1.03. The van der Waals surface area contributed by atoms with E-state index < -0.39 is 40.1 Å². The van der Waals surface area contributed by atoms with Gasteiger partial charge in [-0.15, -0.1) is 0 Å². The fourth-order valence-corrected chi connectivity index (χ4v) is 4.66. The Balaban J connectivity index is 1.80. The number of sulfonamides is 1. The number of benzene rings is 2. The molecule has 7 nitrogen and oxygen atoms in total. The lowest BCUT2D eigenvalue weighted by molar-refractivity contribution is -0.153. The van der Waals surface area contributed by atoms with Crippen molar-refractivity contribution in [3.05, 3.63) is 36.4 Å². The highest BCUT2D eigenvalue weighted by Crippen LogP contribution is 2.41. The van der Waals surface area contributed by atoms with Crippen LogP contribution in [0, 0.1) is 0 Å². The molecular formula is C19H22N2O5S. The summed E-state index contributed by atoms with van der Waals surface area (Å²) in [6.45, 7) is 6.40. The zero-order valence-corrected chi connectivity index (χ0v) is 16.5. The Labute approximate surface area is 158 Å². The van der Waals surface area contributed by atoms with Crippen LogP contribution in [0.5, 0.6) is 0 Å². The average Bonchev–Trinajstić information content (AvgIpc) is 2.77. The Morgan fingerprint density at radius 3 is 2.41 bits per heavy atom. The molecule has 2 aromatic rings. The average molecular weight is 390 g/mol. The smallest absolute Gasteiger partial charge is 0.327 e. The lowest BCUT2D eigenvalue weighted by atomic mass is 10.1. The minimum absolute atomic E-state index is 0.168. The SMILES string of the molecule is C[C@@H](OC(=O)CN1c2cccc3cccc(c23)S1(=O)=O)C(=O)NC(C)(C)C. The Hall–Kier alpha value is -2.61. The Bertz CT molecular complexity index is 1020. The van der Waals surface area contributed by atoms with Crippen LogP contribution in [0.4, 0.5) is 5.69 Å². The van der Waals surface area contributed by atoms with Gasteiger partial charge in [0.2, 0.25) is 0 Å². The summed E-state index contributed by atoms with van der Waals surface area (Å²) in [4.78, 5) is 24.6. The van der Waals surface area contributed by atoms with E-state index >= 15 is 0 Å². The van der Waals surface area contributed by atoms with Gasteiger partial charge in [0, 0.05) is 10.9 Å². The van der Waals surface area contributed by atoms with E-state index in [2.05, 4.69) is 5.32 Å². The molecule has 1 atom stereocenters. The third kappa shape index (κ3) is 3.62. The second kappa shape index (κ2) is 6.53. The fourth-order valence-electron chi connectivity index (χ4n) is 3.00. The third-order valence-electron chi connectivity index (χ3n) is 4.13. The van der Waals surface area contributed by atoms with Crippen molar-refractivity contribution in [1.82, 2.24) is 5.32 Å². The van der Waals surface area contributed by atoms with Gasteiger partial charge in [-0.2, -0.15) is 0 Å². The molecule has 0 radical (unpaired) electrons. The highest BCUT2D eigenvalue weighted by Gasteiger charge is 2.37. The van der Waals surface area contributed by atoms with Gasteiger partial charge >= 0.3 is 5.97 Å². The molecule has 0 aromatic heterocycles. The molecule has 27 heavy (non-hydrogen) atoms. The number of hydrogen-bond acceptors (Lipinski definition) is 5. The second-order valence-corrected chi connectivity index (χ2v) is 9.35. The minimum atomic E-state index is -3.85. The van der Waals surface area contributed by atoms with Crippen molar-refractivity contribution in [3.8, 4) is 0 Å². The van der Waals surface area contributed by atoms with E-state index in [4.69, 9.17) is 4.74 Å². The molecule has 0 saturated carbocycles. The molecule has 1 heterocycles. The van der Waals surface area contributed by atoms with Crippen molar-refractivity contribution in [2.24, 2.45) is 0 Å². The number of esters is 1. The van der Waals surface area contributed by atoms with Gasteiger partial charge in [-0.3, -0.25) is 13.9 Å². The standard InChI is InChI=1S/C19H22N2O5S/c1-12(18(23)20-19(2,3)4)26-16(22)11-21-14-9-5-7-13-8-6-10-15(17(13)14)27(21,24)25/h5-10,12H,11H2,1-4H3,(H,20,23)/t12-/m1/s1. The summed E-state index contributed by atoms with van der Waals surface area (Å²) >= 11 is 0. The van der Waals surface area contributed by atoms with Gasteiger partial charge in [0.25, 0.3) is 15.9 Å². The summed E-state index contributed by atoms with van der Waals surface area (Å²) in [6, 6.07) is 10.2. The zero-order chi connectivity index (χ0) is 20.0. The lowest BCUT2D eigenvalue weighted by Gasteiger charge is -2.24. The molecule has 0 bridgehead atoms. The first-order valence-corrected chi connectivity index (χ1v) is 10.0. The molecule has 0 fully saturated rings. The minimum Gasteiger partial charge on any atom is -0.451 e. The molecule has 0 aliphatic carbocycles. The zero-order valence-electron chi connectivity index (χ0n) is 15.6. The topological polar surface area (TPSA) is 92.8 Å². The predicted octanol–water partition coefficient (Wildman–Crippen LogP) is 2.19. The molecule has 0 saturated heterocycles. The molecule has 0 unspecified atom stereocenters. The number of anilines is 1. The van der Waals surface area contributed by atoms with Crippen molar-refractivity contribution in [2.45, 2.75) is 44.2 Å². The van der Waals surface area contributed by atoms with Crippen molar-refractivity contribution in [2.75, 3.05) is 10.8 Å². The summed E-state index contributed by atoms with van der Waals surface area (Å²) in [5.41, 5.74) is -0.0281. The van der Waals surface area contributed by atoms with E-state index in [0.717, 1.165) is 9.69 Å². The van der Waals surface area contributed by atoms with E-state index in [1.54, 1.807) is 18.2 Å². The van der Waals surface area contributed by atoms with Crippen LogP contribution in [0.25, 0.3) is 10.8 Å². The van der Waals surface area contributed by atoms with Gasteiger partial charge < -0.3 is 10.1 Å². The van der Waals surface area contributed by atoms with Gasteiger partial charge in [0.15, 0.2) is 6.10 Å². The highest BCUT2D eigenvalue weighted by atomic mass is 32.2. The lowest BCUT2D eigenvalue weighted by Crippen LogP contribution is -2.47. The van der Waals surface area contributed by atoms with E-state index in [0.29, 0.717) is 11.1 Å². The predicted molar refractivity (Wildman–Crippen MR) is 102 cm³/mol. The molecule has 3 rings (SSSR count). The normalized spacial score (nSPS) is 16.2. The largest absolute Gasteiger partial charge is 0.451 e. The van der Waals surface area contributed by atoms with Gasteiger partial charge in [-0.25, -0.2) is 8.42 Å². The van der Waals surface area contributed by atoms with Crippen LogP contribution < -0.4 is 9.62 Å². The Morgan fingerprint density at radius 2 is 1.78 bits per heavy atom. The van der Waals surface area contributed by atoms with Crippen molar-refractivity contribution in [3.63, 3.8) is 0 Å². The van der Waals surface area contributed by atoms with E-state index in [1.165, 1.54) is 13.0 Å². The van der Waals surface area contributed by atoms with Gasteiger partial charge in [-0.05, 0) is 45.2 Å². The number of nitrogens with one attached hydrogen (secondary N) is 1. The van der Waals surface area contributed by atoms with Crippen LogP contribution in [-0.4, -0.2) is 38.5 Å². The first-order valence-electron chi connectivity index (χ1n) is 8.57. The molecular weight excluding hydrogens is 368 g/mol. The molecule has 1 aliphatic rings. The quantitative estimate of drug-likeness (QED) is 0.808. The monoisotopic (exact) mass is 390 g/mol. The summed E-state index contributed by atoms with van der Waals surface area (Å²) < 4.78 is 31.9. The fraction of sp³-hybridized carbons (Fsp3) is 0.368. The molecule has 1 amide bonds. The number of hydrogen-bond donors (Lipinski definition) is 1. The summed E-state index contributed by atoms with van der Waals surface area (Å²) in [5.74, 6) is -1.23. The van der Waals surface area contributed by atoms with Crippen LogP contribution in [-0.2, 0) is 24.3 Å². The maximum absolute atomic E-state index is 12.8. The molecule has 1 N–H and O–H groups in total. The van der Waals surface area contributed by atoms with E-state index in [1.807, 2.05) is 32.9 Å². The highest BCUT2D eigenvalue weighted by molar-refractivity contribution is 7.93. The Morgan fingerprint density at radius 1 is 1.15 bits per heavy atom. The molecule has 1 aliphatic heterocycles. The van der Waals surface area contributed by atoms with Gasteiger partial charge in [0.05, 0.1) is 10.6 Å². The van der Waals surface area contributed by atoms with Gasteiger partial charge in [-0.1, -0.05) is 24.3 Å². The number of carbonyl (C=O) groups excluding carboxylic acids is 2. The number of nitrogens with zero attached hydrogens (tertiary/aromatic N) is 1. The molecule has 144 valence electrons. The van der Waals surface area contributed by atoms with Crippen molar-refractivity contribution >= 4 is 38.4 Å². The van der Waals surface area contributed by atoms with Gasteiger partial charge in [0.1, 0.15) is 6.54 Å². The second-order valence-electron chi connectivity index (χ2n) is 7.51. The number of carbonyl (C=O) groups is 2. The van der Waals surface area contributed by atoms with Crippen LogP contribution in [0.2, 0.25) is 0 Å². The van der Waals surface area contributed by atoms with Crippen LogP contribution >= 0.6 is 0 Å². The molecule has 0 spiro atoms. The summed E-state index contributed by atoms with van der Waals surface area (Å²) in [7, 11) is -3.85.